The van der Waals surface area contributed by atoms with Gasteiger partial charge >= 0.3 is 5.97 Å². The Bertz CT molecular complexity index is 436. The van der Waals surface area contributed by atoms with Crippen LogP contribution in [0.25, 0.3) is 0 Å². The van der Waals surface area contributed by atoms with Crippen molar-refractivity contribution in [2.75, 3.05) is 0 Å². The SMILES string of the molecule is CCCC(Br)C(=O)N[C@@H](CCc1ccccc1)C(=O)O. The molecule has 5 heteroatoms. The third kappa shape index (κ3) is 5.74. The Morgan fingerprint density at radius 2 is 1.90 bits per heavy atom. The minimum Gasteiger partial charge on any atom is -0.480 e. The van der Waals surface area contributed by atoms with Crippen LogP contribution in [0.1, 0.15) is 31.7 Å². The molecule has 4 nitrogen and oxygen atoms in total. The number of halogens is 1. The molecule has 0 spiro atoms. The van der Waals surface area contributed by atoms with Gasteiger partial charge in [0.25, 0.3) is 0 Å². The van der Waals surface area contributed by atoms with Crippen LogP contribution in [0.3, 0.4) is 0 Å². The molecule has 0 aromatic heterocycles. The van der Waals surface area contributed by atoms with Gasteiger partial charge in [-0.1, -0.05) is 59.6 Å². The number of benzene rings is 1. The lowest BCUT2D eigenvalue weighted by Crippen LogP contribution is -2.44. The Morgan fingerprint density at radius 1 is 1.25 bits per heavy atom. The van der Waals surface area contributed by atoms with Gasteiger partial charge in [-0.05, 0) is 24.8 Å². The summed E-state index contributed by atoms with van der Waals surface area (Å²) in [5.74, 6) is -1.25. The Morgan fingerprint density at radius 3 is 2.45 bits per heavy atom. The first-order valence-electron chi connectivity index (χ1n) is 6.75. The van der Waals surface area contributed by atoms with Gasteiger partial charge in [-0.2, -0.15) is 0 Å². The van der Waals surface area contributed by atoms with E-state index in [1.807, 2.05) is 37.3 Å². The molecule has 0 radical (unpaired) electrons. The van der Waals surface area contributed by atoms with Crippen LogP contribution in [0.2, 0.25) is 0 Å². The summed E-state index contributed by atoms with van der Waals surface area (Å²) in [5, 5.41) is 11.8. The van der Waals surface area contributed by atoms with Crippen molar-refractivity contribution in [2.45, 2.75) is 43.5 Å². The molecule has 2 atom stereocenters. The first kappa shape index (κ1) is 16.7. The van der Waals surface area contributed by atoms with E-state index in [9.17, 15) is 14.7 Å². The lowest BCUT2D eigenvalue weighted by Gasteiger charge is -2.16. The number of hydrogen-bond donors (Lipinski definition) is 2. The van der Waals surface area contributed by atoms with Gasteiger partial charge in [0.1, 0.15) is 6.04 Å². The number of rotatable bonds is 8. The molecule has 0 saturated heterocycles. The Hall–Kier alpha value is -1.36. The summed E-state index contributed by atoms with van der Waals surface area (Å²) in [6.07, 6.45) is 2.57. The molecule has 1 rings (SSSR count). The molecule has 0 aliphatic rings. The molecule has 0 fully saturated rings. The van der Waals surface area contributed by atoms with E-state index in [2.05, 4.69) is 21.2 Å². The maximum atomic E-state index is 11.8. The van der Waals surface area contributed by atoms with Gasteiger partial charge in [0.15, 0.2) is 0 Å². The monoisotopic (exact) mass is 341 g/mol. The Labute approximate surface area is 127 Å². The fourth-order valence-electron chi connectivity index (χ4n) is 1.86. The topological polar surface area (TPSA) is 66.4 Å². The van der Waals surface area contributed by atoms with E-state index >= 15 is 0 Å². The number of aliphatic carboxylic acids is 1. The van der Waals surface area contributed by atoms with E-state index in [1.54, 1.807) is 0 Å². The lowest BCUT2D eigenvalue weighted by atomic mass is 10.1. The van der Waals surface area contributed by atoms with Crippen LogP contribution in [0.5, 0.6) is 0 Å². The van der Waals surface area contributed by atoms with Crippen molar-refractivity contribution in [1.82, 2.24) is 5.32 Å². The van der Waals surface area contributed by atoms with Crippen molar-refractivity contribution >= 4 is 27.8 Å². The highest BCUT2D eigenvalue weighted by Crippen LogP contribution is 2.10. The molecular weight excluding hydrogens is 322 g/mol. The number of hydrogen-bond acceptors (Lipinski definition) is 2. The predicted molar refractivity (Wildman–Crippen MR) is 82.0 cm³/mol. The highest BCUT2D eigenvalue weighted by molar-refractivity contribution is 9.10. The lowest BCUT2D eigenvalue weighted by molar-refractivity contribution is -0.141. The fraction of sp³-hybridized carbons (Fsp3) is 0.467. The first-order chi connectivity index (χ1) is 9.54. The summed E-state index contributed by atoms with van der Waals surface area (Å²) in [6.45, 7) is 1.98. The van der Waals surface area contributed by atoms with E-state index in [0.29, 0.717) is 19.3 Å². The standard InChI is InChI=1S/C15H20BrNO3/c1-2-6-12(16)14(18)17-13(15(19)20)10-9-11-7-4-3-5-8-11/h3-5,7-8,12-13H,2,6,9-10H2,1H3,(H,17,18)(H,19,20)/t12?,13-/m0/s1. The van der Waals surface area contributed by atoms with Crippen LogP contribution in [-0.4, -0.2) is 27.9 Å². The number of amides is 1. The summed E-state index contributed by atoms with van der Waals surface area (Å²) in [4.78, 5) is 22.7. The highest BCUT2D eigenvalue weighted by Gasteiger charge is 2.23. The second kappa shape index (κ2) is 8.74. The van der Waals surface area contributed by atoms with Crippen LogP contribution in [0.15, 0.2) is 30.3 Å². The average Bonchev–Trinajstić information content (AvgIpc) is 2.44. The van der Waals surface area contributed by atoms with Gasteiger partial charge in [0.05, 0.1) is 4.83 Å². The third-order valence-corrected chi connectivity index (χ3v) is 3.88. The van der Waals surface area contributed by atoms with E-state index in [-0.39, 0.29) is 10.7 Å². The van der Waals surface area contributed by atoms with Gasteiger partial charge in [0, 0.05) is 0 Å². The number of carbonyl (C=O) groups is 2. The second-order valence-corrected chi connectivity index (χ2v) is 5.79. The third-order valence-electron chi connectivity index (χ3n) is 3.01. The summed E-state index contributed by atoms with van der Waals surface area (Å²) in [5.41, 5.74) is 1.07. The normalized spacial score (nSPS) is 13.5. The molecule has 20 heavy (non-hydrogen) atoms. The molecule has 0 saturated carbocycles. The molecular formula is C15H20BrNO3. The smallest absolute Gasteiger partial charge is 0.326 e. The van der Waals surface area contributed by atoms with E-state index < -0.39 is 12.0 Å². The number of aryl methyl sites for hydroxylation is 1. The number of alkyl halides is 1. The van der Waals surface area contributed by atoms with Crippen LogP contribution < -0.4 is 5.32 Å². The van der Waals surface area contributed by atoms with Gasteiger partial charge < -0.3 is 10.4 Å². The molecule has 0 aliphatic carbocycles. The largest absolute Gasteiger partial charge is 0.480 e. The van der Waals surface area contributed by atoms with Crippen LogP contribution in [-0.2, 0) is 16.0 Å². The van der Waals surface area contributed by atoms with E-state index in [0.717, 1.165) is 12.0 Å². The van der Waals surface area contributed by atoms with Crippen molar-refractivity contribution in [1.29, 1.82) is 0 Å². The number of carbonyl (C=O) groups excluding carboxylic acids is 1. The summed E-state index contributed by atoms with van der Waals surface area (Å²) >= 11 is 3.27. The van der Waals surface area contributed by atoms with Crippen molar-refractivity contribution in [3.63, 3.8) is 0 Å². The molecule has 1 aromatic rings. The summed E-state index contributed by atoms with van der Waals surface area (Å²) in [7, 11) is 0. The Kier molecular flexibility index (Phi) is 7.30. The molecule has 1 amide bonds. The zero-order valence-corrected chi connectivity index (χ0v) is 13.1. The van der Waals surface area contributed by atoms with Gasteiger partial charge in [-0.3, -0.25) is 4.79 Å². The van der Waals surface area contributed by atoms with Gasteiger partial charge in [0.2, 0.25) is 5.91 Å². The summed E-state index contributed by atoms with van der Waals surface area (Å²) < 4.78 is 0. The summed E-state index contributed by atoms with van der Waals surface area (Å²) in [6, 6.07) is 8.80. The minimum absolute atomic E-state index is 0.257. The molecule has 1 aromatic carbocycles. The van der Waals surface area contributed by atoms with Crippen molar-refractivity contribution in [3.8, 4) is 0 Å². The number of nitrogens with one attached hydrogen (secondary N) is 1. The first-order valence-corrected chi connectivity index (χ1v) is 7.67. The van der Waals surface area contributed by atoms with Crippen LogP contribution >= 0.6 is 15.9 Å². The van der Waals surface area contributed by atoms with Crippen molar-refractivity contribution < 1.29 is 14.7 Å². The molecule has 0 heterocycles. The van der Waals surface area contributed by atoms with Crippen LogP contribution in [0.4, 0.5) is 0 Å². The van der Waals surface area contributed by atoms with Crippen molar-refractivity contribution in [2.24, 2.45) is 0 Å². The zero-order valence-electron chi connectivity index (χ0n) is 11.5. The van der Waals surface area contributed by atoms with Gasteiger partial charge in [-0.15, -0.1) is 0 Å². The second-order valence-electron chi connectivity index (χ2n) is 4.68. The molecule has 0 aliphatic heterocycles. The maximum absolute atomic E-state index is 11.8. The zero-order chi connectivity index (χ0) is 15.0. The molecule has 1 unspecified atom stereocenters. The van der Waals surface area contributed by atoms with Gasteiger partial charge in [-0.25, -0.2) is 4.79 Å². The van der Waals surface area contributed by atoms with E-state index in [4.69, 9.17) is 0 Å². The van der Waals surface area contributed by atoms with Crippen LogP contribution in [0, 0.1) is 0 Å². The quantitative estimate of drug-likeness (QED) is 0.714. The Balaban J connectivity index is 2.52. The maximum Gasteiger partial charge on any atom is 0.326 e. The number of carboxylic acid groups (broad SMARTS) is 1. The highest BCUT2D eigenvalue weighted by atomic mass is 79.9. The predicted octanol–water partition coefficient (Wildman–Crippen LogP) is 2.75. The van der Waals surface area contributed by atoms with Crippen molar-refractivity contribution in [3.05, 3.63) is 35.9 Å². The minimum atomic E-state index is -0.995. The average molecular weight is 342 g/mol. The molecule has 110 valence electrons. The van der Waals surface area contributed by atoms with E-state index in [1.165, 1.54) is 0 Å². The fourth-order valence-corrected chi connectivity index (χ4v) is 2.45. The molecule has 2 N–H and O–H groups in total. The molecule has 0 bridgehead atoms. The number of carboxylic acids is 1.